The van der Waals surface area contributed by atoms with Crippen molar-refractivity contribution in [2.45, 2.75) is 6.92 Å². The molecule has 0 aliphatic rings. The number of allylic oxidation sites excluding steroid dienone is 3. The van der Waals surface area contributed by atoms with Crippen LogP contribution in [0.1, 0.15) is 6.92 Å². The number of hydrogen-bond acceptors (Lipinski definition) is 2. The molecule has 48 valence electrons. The largest absolute Gasteiger partial charge is 0.291 e. The molecule has 0 fully saturated rings. The van der Waals surface area contributed by atoms with E-state index in [4.69, 9.17) is 0 Å². The summed E-state index contributed by atoms with van der Waals surface area (Å²) in [5.41, 5.74) is 0. The lowest BCUT2D eigenvalue weighted by molar-refractivity contribution is -0.132. The molecule has 0 aliphatic carbocycles. The van der Waals surface area contributed by atoms with Crippen molar-refractivity contribution in [2.75, 3.05) is 0 Å². The zero-order valence-corrected chi connectivity index (χ0v) is 5.26. The average Bonchev–Trinajstić information content (AvgIpc) is 1.82. The summed E-state index contributed by atoms with van der Waals surface area (Å²) in [7, 11) is 0. The van der Waals surface area contributed by atoms with Crippen molar-refractivity contribution in [2.24, 2.45) is 0 Å². The van der Waals surface area contributed by atoms with Gasteiger partial charge in [0.15, 0.2) is 5.78 Å². The second-order valence-electron chi connectivity index (χ2n) is 1.52. The summed E-state index contributed by atoms with van der Waals surface area (Å²) in [6, 6.07) is 0. The van der Waals surface area contributed by atoms with Gasteiger partial charge >= 0.3 is 0 Å². The van der Waals surface area contributed by atoms with Crippen molar-refractivity contribution >= 4 is 11.6 Å². The van der Waals surface area contributed by atoms with Gasteiger partial charge < -0.3 is 0 Å². The summed E-state index contributed by atoms with van der Waals surface area (Å²) < 4.78 is 0. The van der Waals surface area contributed by atoms with Crippen LogP contribution < -0.4 is 0 Å². The van der Waals surface area contributed by atoms with Crippen LogP contribution in [0.15, 0.2) is 24.8 Å². The Labute approximate surface area is 53.9 Å². The predicted octanol–water partition coefficient (Wildman–Crippen LogP) is 0.887. The van der Waals surface area contributed by atoms with Gasteiger partial charge in [-0.05, 0) is 6.08 Å². The molecule has 0 aliphatic heterocycles. The Morgan fingerprint density at radius 2 is 2.00 bits per heavy atom. The molecule has 0 saturated heterocycles. The van der Waals surface area contributed by atoms with E-state index in [-0.39, 0.29) is 0 Å². The van der Waals surface area contributed by atoms with Gasteiger partial charge in [-0.3, -0.25) is 9.59 Å². The first-order chi connectivity index (χ1) is 4.18. The fraction of sp³-hybridized carbons (Fsp3) is 0.143. The van der Waals surface area contributed by atoms with E-state index in [0.717, 1.165) is 0 Å². The first-order valence-corrected chi connectivity index (χ1v) is 2.52. The summed E-state index contributed by atoms with van der Waals surface area (Å²) in [6.07, 6.45) is 4.07. The normalized spacial score (nSPS) is 9.44. The Kier molecular flexibility index (Phi) is 3.28. The van der Waals surface area contributed by atoms with E-state index >= 15 is 0 Å². The predicted molar refractivity (Wildman–Crippen MR) is 35.0 cm³/mol. The highest BCUT2D eigenvalue weighted by Crippen LogP contribution is 1.78. The molecule has 0 aromatic carbocycles. The zero-order valence-electron chi connectivity index (χ0n) is 5.26. The number of carbonyl (C=O) groups is 2. The SMILES string of the molecule is C=C/C=C/C(=O)C(C)=O. The number of rotatable bonds is 3. The van der Waals surface area contributed by atoms with E-state index in [0.29, 0.717) is 0 Å². The minimum Gasteiger partial charge on any atom is -0.291 e. The van der Waals surface area contributed by atoms with E-state index in [9.17, 15) is 9.59 Å². The van der Waals surface area contributed by atoms with E-state index in [1.165, 1.54) is 25.2 Å². The van der Waals surface area contributed by atoms with Crippen LogP contribution >= 0.6 is 0 Å². The molecule has 0 unspecified atom stereocenters. The summed E-state index contributed by atoms with van der Waals surface area (Å²) in [5.74, 6) is -0.942. The van der Waals surface area contributed by atoms with Gasteiger partial charge in [-0.1, -0.05) is 18.7 Å². The molecule has 0 amide bonds. The molecular formula is C7H8O2. The molecule has 0 atom stereocenters. The van der Waals surface area contributed by atoms with Crippen LogP contribution in [0.3, 0.4) is 0 Å². The van der Waals surface area contributed by atoms with Gasteiger partial charge in [0.05, 0.1) is 0 Å². The summed E-state index contributed by atoms with van der Waals surface area (Å²) in [4.78, 5) is 20.6. The zero-order chi connectivity index (χ0) is 7.28. The first-order valence-electron chi connectivity index (χ1n) is 2.52. The van der Waals surface area contributed by atoms with Crippen LogP contribution in [-0.4, -0.2) is 11.6 Å². The lowest BCUT2D eigenvalue weighted by atomic mass is 10.3. The molecule has 0 radical (unpaired) electrons. The fourth-order valence-corrected chi connectivity index (χ4v) is 0.273. The monoisotopic (exact) mass is 124 g/mol. The van der Waals surface area contributed by atoms with Crippen molar-refractivity contribution in [3.63, 3.8) is 0 Å². The maximum absolute atomic E-state index is 10.4. The van der Waals surface area contributed by atoms with Gasteiger partial charge in [0.1, 0.15) is 0 Å². The molecule has 0 N–H and O–H groups in total. The third kappa shape index (κ3) is 3.41. The number of hydrogen-bond donors (Lipinski definition) is 0. The number of Topliss-reactive ketones (excluding diaryl/α,β-unsaturated/α-hetero) is 1. The average molecular weight is 124 g/mol. The van der Waals surface area contributed by atoms with Gasteiger partial charge in [-0.25, -0.2) is 0 Å². The molecule has 2 heteroatoms. The van der Waals surface area contributed by atoms with Crippen molar-refractivity contribution in [1.29, 1.82) is 0 Å². The van der Waals surface area contributed by atoms with E-state index in [2.05, 4.69) is 6.58 Å². The Bertz CT molecular complexity index is 166. The lowest BCUT2D eigenvalue weighted by Crippen LogP contribution is -2.04. The highest BCUT2D eigenvalue weighted by Gasteiger charge is 1.99. The van der Waals surface area contributed by atoms with Gasteiger partial charge in [0.25, 0.3) is 0 Å². The molecule has 0 bridgehead atoms. The highest BCUT2D eigenvalue weighted by molar-refractivity contribution is 6.40. The molecule has 9 heavy (non-hydrogen) atoms. The molecule has 0 spiro atoms. The molecule has 0 rings (SSSR count). The van der Waals surface area contributed by atoms with E-state index in [1.807, 2.05) is 0 Å². The van der Waals surface area contributed by atoms with Crippen molar-refractivity contribution < 1.29 is 9.59 Å². The van der Waals surface area contributed by atoms with Crippen LogP contribution in [0.5, 0.6) is 0 Å². The summed E-state index contributed by atoms with van der Waals surface area (Å²) in [6.45, 7) is 4.57. The molecular weight excluding hydrogens is 116 g/mol. The van der Waals surface area contributed by atoms with Gasteiger partial charge in [0, 0.05) is 6.92 Å². The molecule has 2 nitrogen and oxygen atoms in total. The quantitative estimate of drug-likeness (QED) is 0.318. The molecule has 0 saturated carbocycles. The number of ketones is 2. The van der Waals surface area contributed by atoms with Crippen molar-refractivity contribution in [1.82, 2.24) is 0 Å². The second-order valence-corrected chi connectivity index (χ2v) is 1.52. The van der Waals surface area contributed by atoms with Crippen LogP contribution in [0.2, 0.25) is 0 Å². The van der Waals surface area contributed by atoms with Gasteiger partial charge in [-0.2, -0.15) is 0 Å². The smallest absolute Gasteiger partial charge is 0.221 e. The highest BCUT2D eigenvalue weighted by atomic mass is 16.2. The van der Waals surface area contributed by atoms with Crippen LogP contribution in [0, 0.1) is 0 Å². The Morgan fingerprint density at radius 1 is 1.44 bits per heavy atom. The minimum atomic E-state index is -0.491. The standard InChI is InChI=1S/C7H8O2/c1-3-4-5-7(9)6(2)8/h3-5H,1H2,2H3/b5-4+. The minimum absolute atomic E-state index is 0.451. The third-order valence-corrected chi connectivity index (χ3v) is 0.731. The summed E-state index contributed by atoms with van der Waals surface area (Å²) in [5, 5.41) is 0. The first kappa shape index (κ1) is 7.82. The molecule has 0 heterocycles. The van der Waals surface area contributed by atoms with E-state index in [1.54, 1.807) is 0 Å². The second kappa shape index (κ2) is 3.78. The van der Waals surface area contributed by atoms with Crippen LogP contribution in [0.4, 0.5) is 0 Å². The summed E-state index contributed by atoms with van der Waals surface area (Å²) >= 11 is 0. The molecule has 0 aromatic rings. The Hall–Kier alpha value is -1.18. The number of carbonyl (C=O) groups excluding carboxylic acids is 2. The topological polar surface area (TPSA) is 34.1 Å². The lowest BCUT2D eigenvalue weighted by Gasteiger charge is -1.79. The Balaban J connectivity index is 3.92. The van der Waals surface area contributed by atoms with E-state index < -0.39 is 11.6 Å². The van der Waals surface area contributed by atoms with Crippen molar-refractivity contribution in [3.05, 3.63) is 24.8 Å². The van der Waals surface area contributed by atoms with Gasteiger partial charge in [0.2, 0.25) is 5.78 Å². The fourth-order valence-electron chi connectivity index (χ4n) is 0.273. The Morgan fingerprint density at radius 3 is 2.33 bits per heavy atom. The third-order valence-electron chi connectivity index (χ3n) is 0.731. The molecule has 0 aromatic heterocycles. The maximum atomic E-state index is 10.4. The van der Waals surface area contributed by atoms with Crippen LogP contribution in [0.25, 0.3) is 0 Å². The van der Waals surface area contributed by atoms with Crippen molar-refractivity contribution in [3.8, 4) is 0 Å². The maximum Gasteiger partial charge on any atom is 0.221 e. The van der Waals surface area contributed by atoms with Gasteiger partial charge in [-0.15, -0.1) is 0 Å². The van der Waals surface area contributed by atoms with Crippen LogP contribution in [-0.2, 0) is 9.59 Å².